The Bertz CT molecular complexity index is 953. The average molecular weight is 799 g/mol. The molecule has 0 bridgehead atoms. The number of carbonyl (C=O) groups excluding carboxylic acids is 1. The summed E-state index contributed by atoms with van der Waals surface area (Å²) in [4.78, 5) is 25.1. The summed E-state index contributed by atoms with van der Waals surface area (Å²) in [5, 5.41) is 13.7. The van der Waals surface area contributed by atoms with Crippen LogP contribution in [-0.4, -0.2) is 68.5 Å². The van der Waals surface area contributed by atoms with Gasteiger partial charge in [-0.1, -0.05) is 199 Å². The zero-order chi connectivity index (χ0) is 40.7. The van der Waals surface area contributed by atoms with Gasteiger partial charge in [-0.2, -0.15) is 0 Å². The van der Waals surface area contributed by atoms with Gasteiger partial charge in [0.1, 0.15) is 13.2 Å². The van der Waals surface area contributed by atoms with Crippen molar-refractivity contribution in [2.75, 3.05) is 40.9 Å². The van der Waals surface area contributed by atoms with Crippen LogP contribution in [0.2, 0.25) is 0 Å². The normalized spacial score (nSPS) is 14.5. The van der Waals surface area contributed by atoms with E-state index in [0.717, 1.165) is 38.5 Å². The summed E-state index contributed by atoms with van der Waals surface area (Å²) in [7, 11) is 1.25. The van der Waals surface area contributed by atoms with Gasteiger partial charge in [0.15, 0.2) is 0 Å². The summed E-state index contributed by atoms with van der Waals surface area (Å²) in [5.41, 5.74) is 0. The number of quaternary nitrogens is 1. The van der Waals surface area contributed by atoms with Crippen molar-refractivity contribution >= 4 is 13.7 Å². The quantitative estimate of drug-likeness (QED) is 0.0276. The molecule has 0 heterocycles. The molecule has 0 spiro atoms. The molecule has 3 atom stereocenters. The van der Waals surface area contributed by atoms with Gasteiger partial charge < -0.3 is 28.8 Å². The van der Waals surface area contributed by atoms with Crippen molar-refractivity contribution < 1.29 is 32.9 Å². The number of unbranched alkanes of at least 4 members (excludes halogenated alkanes) is 27. The lowest BCUT2D eigenvalue weighted by Gasteiger charge is -2.29. The molecule has 8 nitrogen and oxygen atoms in total. The van der Waals surface area contributed by atoms with Crippen LogP contribution in [-0.2, 0) is 18.4 Å². The number of aliphatic hydroxyl groups excluding tert-OH is 1. The van der Waals surface area contributed by atoms with Gasteiger partial charge in [-0.05, 0) is 32.1 Å². The highest BCUT2D eigenvalue weighted by Crippen LogP contribution is 2.38. The van der Waals surface area contributed by atoms with Crippen LogP contribution in [0.5, 0.6) is 0 Å². The number of amides is 1. The predicted molar refractivity (Wildman–Crippen MR) is 233 cm³/mol. The molecule has 0 aromatic carbocycles. The van der Waals surface area contributed by atoms with Crippen LogP contribution in [0.1, 0.15) is 213 Å². The summed E-state index contributed by atoms with van der Waals surface area (Å²) in [6, 6.07) is -0.896. The van der Waals surface area contributed by atoms with Crippen LogP contribution < -0.4 is 10.2 Å². The number of hydrogen-bond donors (Lipinski definition) is 2. The van der Waals surface area contributed by atoms with E-state index < -0.39 is 26.6 Å². The number of carbonyl (C=O) groups is 1. The highest BCUT2D eigenvalue weighted by molar-refractivity contribution is 7.45. The Morgan fingerprint density at radius 1 is 0.618 bits per heavy atom. The lowest BCUT2D eigenvalue weighted by Crippen LogP contribution is -2.45. The van der Waals surface area contributed by atoms with Crippen LogP contribution in [0.3, 0.4) is 0 Å². The molecule has 0 aliphatic rings. The van der Waals surface area contributed by atoms with E-state index in [-0.39, 0.29) is 12.5 Å². The Kier molecular flexibility index (Phi) is 37.8. The largest absolute Gasteiger partial charge is 0.756 e. The van der Waals surface area contributed by atoms with E-state index in [0.29, 0.717) is 17.4 Å². The monoisotopic (exact) mass is 799 g/mol. The Balaban J connectivity index is 4.16. The number of phosphoric acid groups is 1. The van der Waals surface area contributed by atoms with Crippen LogP contribution in [0.4, 0.5) is 0 Å². The highest BCUT2D eigenvalue weighted by Gasteiger charge is 2.23. The third-order valence-corrected chi connectivity index (χ3v) is 11.4. The first-order valence-corrected chi connectivity index (χ1v) is 24.7. The number of rotatable bonds is 42. The van der Waals surface area contributed by atoms with Crippen molar-refractivity contribution in [3.05, 3.63) is 24.3 Å². The number of hydrogen-bond acceptors (Lipinski definition) is 6. The Hall–Kier alpha value is -1.02. The van der Waals surface area contributed by atoms with Gasteiger partial charge >= 0.3 is 0 Å². The van der Waals surface area contributed by atoms with Crippen LogP contribution in [0.25, 0.3) is 0 Å². The molecule has 326 valence electrons. The lowest BCUT2D eigenvalue weighted by molar-refractivity contribution is -0.870. The Labute approximate surface area is 341 Å². The van der Waals surface area contributed by atoms with E-state index >= 15 is 0 Å². The lowest BCUT2D eigenvalue weighted by atomic mass is 10.0. The number of aliphatic hydroxyl groups is 1. The van der Waals surface area contributed by atoms with Gasteiger partial charge in [-0.3, -0.25) is 9.36 Å². The van der Waals surface area contributed by atoms with E-state index in [4.69, 9.17) is 9.05 Å². The van der Waals surface area contributed by atoms with Gasteiger partial charge in [0, 0.05) is 6.42 Å². The topological polar surface area (TPSA) is 108 Å². The SMILES string of the molecule is CCCCCCCCCCCCCCCCCCCCCC/C=C/CC/C=C/C(O)C(COP(=O)([O-])OCC[N+](C)(C)C)NC(=O)CCCCCCCCC. The fourth-order valence-electron chi connectivity index (χ4n) is 6.70. The summed E-state index contributed by atoms with van der Waals surface area (Å²) < 4.78 is 23.1. The summed E-state index contributed by atoms with van der Waals surface area (Å²) in [6.07, 6.45) is 45.6. The van der Waals surface area contributed by atoms with Gasteiger partial charge in [0.05, 0.1) is 39.9 Å². The molecule has 0 saturated heterocycles. The molecular formula is C46H91N2O6P. The molecule has 0 radical (unpaired) electrons. The maximum Gasteiger partial charge on any atom is 0.268 e. The number of nitrogens with one attached hydrogen (secondary N) is 1. The molecule has 0 rings (SSSR count). The Morgan fingerprint density at radius 2 is 1.02 bits per heavy atom. The first-order chi connectivity index (χ1) is 26.5. The van der Waals surface area contributed by atoms with Crippen molar-refractivity contribution in [2.24, 2.45) is 0 Å². The van der Waals surface area contributed by atoms with Gasteiger partial charge in [0.25, 0.3) is 7.82 Å². The molecule has 0 aliphatic heterocycles. The molecule has 0 aliphatic carbocycles. The zero-order valence-corrected chi connectivity index (χ0v) is 37.8. The second kappa shape index (κ2) is 38.5. The van der Waals surface area contributed by atoms with Crippen LogP contribution in [0, 0.1) is 0 Å². The maximum absolute atomic E-state index is 12.7. The number of allylic oxidation sites excluding steroid dienone is 3. The minimum Gasteiger partial charge on any atom is -0.756 e. The fourth-order valence-corrected chi connectivity index (χ4v) is 7.42. The predicted octanol–water partition coefficient (Wildman–Crippen LogP) is 12.3. The summed E-state index contributed by atoms with van der Waals surface area (Å²) >= 11 is 0. The smallest absolute Gasteiger partial charge is 0.268 e. The zero-order valence-electron chi connectivity index (χ0n) is 36.9. The van der Waals surface area contributed by atoms with Crippen molar-refractivity contribution in [2.45, 2.75) is 225 Å². The van der Waals surface area contributed by atoms with Gasteiger partial charge in [-0.25, -0.2) is 0 Å². The average Bonchev–Trinajstić information content (AvgIpc) is 3.13. The van der Waals surface area contributed by atoms with E-state index in [1.807, 2.05) is 27.2 Å². The molecule has 0 aromatic heterocycles. The van der Waals surface area contributed by atoms with Crippen LogP contribution in [0.15, 0.2) is 24.3 Å². The molecule has 3 unspecified atom stereocenters. The summed E-state index contributed by atoms with van der Waals surface area (Å²) in [5.74, 6) is -0.214. The maximum atomic E-state index is 12.7. The first-order valence-electron chi connectivity index (χ1n) is 23.2. The second-order valence-electron chi connectivity index (χ2n) is 17.1. The standard InChI is InChI=1S/C46H91N2O6P/c1-6-8-10-12-14-15-16-17-18-19-20-21-22-23-24-25-26-27-28-29-30-31-32-34-35-37-39-45(49)44(43-54-55(51,52)53-42-41-48(3,4)5)47-46(50)40-38-36-33-13-11-9-7-2/h31-32,37,39,44-45,49H,6-30,33-36,38,40-43H2,1-5H3,(H-,47,50,51,52)/b32-31+,39-37+. The minimum absolute atomic E-state index is 0.00484. The number of likely N-dealkylation sites (N-methyl/N-ethyl adjacent to an activating group) is 1. The molecule has 0 saturated carbocycles. The molecule has 1 amide bonds. The van der Waals surface area contributed by atoms with Crippen LogP contribution >= 0.6 is 7.82 Å². The molecule has 0 aromatic rings. The summed E-state index contributed by atoms with van der Waals surface area (Å²) in [6.45, 7) is 4.58. The van der Waals surface area contributed by atoms with E-state index in [1.165, 1.54) is 154 Å². The number of nitrogens with zero attached hydrogens (tertiary/aromatic N) is 1. The molecular weight excluding hydrogens is 707 g/mol. The Morgan fingerprint density at radius 3 is 1.47 bits per heavy atom. The van der Waals surface area contributed by atoms with E-state index in [1.54, 1.807) is 6.08 Å². The molecule has 2 N–H and O–H groups in total. The molecule has 55 heavy (non-hydrogen) atoms. The first kappa shape index (κ1) is 54.0. The van der Waals surface area contributed by atoms with Crippen molar-refractivity contribution in [1.82, 2.24) is 5.32 Å². The van der Waals surface area contributed by atoms with Gasteiger partial charge in [0.2, 0.25) is 5.91 Å². The van der Waals surface area contributed by atoms with Crippen molar-refractivity contribution in [3.8, 4) is 0 Å². The highest BCUT2D eigenvalue weighted by atomic mass is 31.2. The minimum atomic E-state index is -4.58. The third kappa shape index (κ3) is 41.0. The van der Waals surface area contributed by atoms with E-state index in [2.05, 4.69) is 31.3 Å². The van der Waals surface area contributed by atoms with Gasteiger partial charge in [-0.15, -0.1) is 0 Å². The fraction of sp³-hybridized carbons (Fsp3) is 0.891. The molecule has 9 heteroatoms. The van der Waals surface area contributed by atoms with Crippen molar-refractivity contribution in [3.63, 3.8) is 0 Å². The van der Waals surface area contributed by atoms with Crippen molar-refractivity contribution in [1.29, 1.82) is 0 Å². The van der Waals surface area contributed by atoms with E-state index in [9.17, 15) is 19.4 Å². The molecule has 0 fully saturated rings. The third-order valence-electron chi connectivity index (χ3n) is 10.4. The number of phosphoric ester groups is 1. The second-order valence-corrected chi connectivity index (χ2v) is 18.5.